The zero-order chi connectivity index (χ0) is 22.3. The smallest absolute Gasteiger partial charge is 0.328 e. The van der Waals surface area contributed by atoms with Gasteiger partial charge in [-0.3, -0.25) is 9.59 Å². The van der Waals surface area contributed by atoms with Crippen LogP contribution >= 0.6 is 0 Å². The molecule has 2 aliphatic rings. The number of aromatic nitrogens is 1. The molecule has 1 aromatic heterocycles. The van der Waals surface area contributed by atoms with Crippen molar-refractivity contribution in [3.63, 3.8) is 0 Å². The van der Waals surface area contributed by atoms with E-state index in [1.54, 1.807) is 4.90 Å². The number of rotatable bonds is 7. The van der Waals surface area contributed by atoms with Gasteiger partial charge in [-0.25, -0.2) is 9.69 Å². The number of para-hydroxylation sites is 1. The fourth-order valence-electron chi connectivity index (χ4n) is 4.98. The normalized spacial score (nSPS) is 21.6. The van der Waals surface area contributed by atoms with Crippen molar-refractivity contribution in [3.8, 4) is 0 Å². The maximum absolute atomic E-state index is 13.8. The van der Waals surface area contributed by atoms with Crippen LogP contribution in [0, 0.1) is 5.92 Å². The maximum atomic E-state index is 13.8. The number of amides is 4. The van der Waals surface area contributed by atoms with Gasteiger partial charge in [-0.1, -0.05) is 45.4 Å². The Labute approximate surface area is 183 Å². The first-order chi connectivity index (χ1) is 14.8. The predicted octanol–water partition coefficient (Wildman–Crippen LogP) is 3.53. The number of carbonyl (C=O) groups is 3. The van der Waals surface area contributed by atoms with E-state index in [-0.39, 0.29) is 23.8 Å². The second kappa shape index (κ2) is 8.02. The Balaban J connectivity index is 1.73. The first-order valence-corrected chi connectivity index (χ1v) is 11.3. The van der Waals surface area contributed by atoms with Gasteiger partial charge in [-0.2, -0.15) is 0 Å². The lowest BCUT2D eigenvalue weighted by molar-refractivity contribution is -0.140. The predicted molar refractivity (Wildman–Crippen MR) is 119 cm³/mol. The second-order valence-corrected chi connectivity index (χ2v) is 9.25. The summed E-state index contributed by atoms with van der Waals surface area (Å²) in [6.07, 6.45) is 2.95. The van der Waals surface area contributed by atoms with Crippen molar-refractivity contribution in [1.29, 1.82) is 0 Å². The topological polar surface area (TPSA) is 85.5 Å². The number of urea groups is 1. The molecule has 1 aromatic carbocycles. The Morgan fingerprint density at radius 3 is 2.71 bits per heavy atom. The molecule has 166 valence electrons. The quantitative estimate of drug-likeness (QED) is 0.527. The van der Waals surface area contributed by atoms with Crippen molar-refractivity contribution in [2.75, 3.05) is 13.1 Å². The van der Waals surface area contributed by atoms with Gasteiger partial charge in [0.05, 0.1) is 5.69 Å². The molecule has 7 nitrogen and oxygen atoms in total. The lowest BCUT2D eigenvalue weighted by Crippen LogP contribution is -2.51. The number of imide groups is 1. The standard InChI is InChI=1S/C24H32N4O3/c1-5-6-12-25-21(29)19(14-15(2)3)28-22(30)24(4)20-17(11-13-27(24)23(28)31)16-9-7-8-10-18(16)26-20/h7-10,15,19,26H,5-6,11-14H2,1-4H3,(H,25,29)/t19-,24+/m0/s1. The van der Waals surface area contributed by atoms with E-state index in [1.807, 2.05) is 45.0 Å². The van der Waals surface area contributed by atoms with Crippen molar-refractivity contribution >= 4 is 28.7 Å². The summed E-state index contributed by atoms with van der Waals surface area (Å²) in [5.41, 5.74) is 1.70. The highest BCUT2D eigenvalue weighted by molar-refractivity contribution is 6.11. The third kappa shape index (κ3) is 3.30. The zero-order valence-corrected chi connectivity index (χ0v) is 18.8. The third-order valence-corrected chi connectivity index (χ3v) is 6.64. The van der Waals surface area contributed by atoms with E-state index in [0.717, 1.165) is 35.0 Å². The summed E-state index contributed by atoms with van der Waals surface area (Å²) in [5, 5.41) is 4.02. The molecule has 2 aliphatic heterocycles. The summed E-state index contributed by atoms with van der Waals surface area (Å²) < 4.78 is 0. The molecule has 1 saturated heterocycles. The van der Waals surface area contributed by atoms with Crippen LogP contribution in [-0.4, -0.2) is 51.8 Å². The van der Waals surface area contributed by atoms with E-state index < -0.39 is 11.6 Å². The van der Waals surface area contributed by atoms with Crippen LogP contribution < -0.4 is 5.32 Å². The molecule has 2 N–H and O–H groups in total. The number of hydrogen-bond donors (Lipinski definition) is 2. The van der Waals surface area contributed by atoms with Gasteiger partial charge in [-0.05, 0) is 43.7 Å². The fourth-order valence-corrected chi connectivity index (χ4v) is 4.98. The van der Waals surface area contributed by atoms with Crippen LogP contribution in [0.1, 0.15) is 58.2 Å². The van der Waals surface area contributed by atoms with Crippen LogP contribution in [0.25, 0.3) is 10.9 Å². The van der Waals surface area contributed by atoms with E-state index in [9.17, 15) is 14.4 Å². The van der Waals surface area contributed by atoms with Gasteiger partial charge < -0.3 is 15.2 Å². The molecule has 0 radical (unpaired) electrons. The molecule has 2 atom stereocenters. The number of hydrogen-bond acceptors (Lipinski definition) is 3. The third-order valence-electron chi connectivity index (χ3n) is 6.64. The number of nitrogens with zero attached hydrogens (tertiary/aromatic N) is 2. The lowest BCUT2D eigenvalue weighted by Gasteiger charge is -2.36. The molecular weight excluding hydrogens is 392 g/mol. The summed E-state index contributed by atoms with van der Waals surface area (Å²) >= 11 is 0. The molecule has 0 aliphatic carbocycles. The molecule has 3 heterocycles. The molecule has 31 heavy (non-hydrogen) atoms. The highest BCUT2D eigenvalue weighted by Gasteiger charge is 2.60. The van der Waals surface area contributed by atoms with Gasteiger partial charge in [0.15, 0.2) is 5.54 Å². The van der Waals surface area contributed by atoms with E-state index >= 15 is 0 Å². The SMILES string of the molecule is CCCCNC(=O)[C@H](CC(C)C)N1C(=O)N2CCc3c([nH]c4ccccc34)[C@]2(C)C1=O. The molecule has 4 rings (SSSR count). The highest BCUT2D eigenvalue weighted by Crippen LogP contribution is 2.44. The van der Waals surface area contributed by atoms with E-state index in [2.05, 4.69) is 17.2 Å². The van der Waals surface area contributed by atoms with E-state index in [1.165, 1.54) is 4.90 Å². The first kappa shape index (κ1) is 21.4. The minimum absolute atomic E-state index is 0.164. The maximum Gasteiger partial charge on any atom is 0.328 e. The van der Waals surface area contributed by atoms with Crippen molar-refractivity contribution in [2.24, 2.45) is 5.92 Å². The molecule has 0 spiro atoms. The van der Waals surface area contributed by atoms with Gasteiger partial charge in [0.25, 0.3) is 5.91 Å². The minimum Gasteiger partial charge on any atom is -0.356 e. The highest BCUT2D eigenvalue weighted by atomic mass is 16.2. The zero-order valence-electron chi connectivity index (χ0n) is 18.8. The minimum atomic E-state index is -1.12. The fraction of sp³-hybridized carbons (Fsp3) is 0.542. The summed E-state index contributed by atoms with van der Waals surface area (Å²) in [7, 11) is 0. The molecule has 0 bridgehead atoms. The molecule has 2 aromatic rings. The van der Waals surface area contributed by atoms with Crippen LogP contribution in [0.5, 0.6) is 0 Å². The largest absolute Gasteiger partial charge is 0.356 e. The van der Waals surface area contributed by atoms with E-state index in [0.29, 0.717) is 25.9 Å². The number of unbranched alkanes of at least 4 members (excludes halogenated alkanes) is 1. The number of nitrogens with one attached hydrogen (secondary N) is 2. The lowest BCUT2D eigenvalue weighted by atomic mass is 9.87. The van der Waals surface area contributed by atoms with Crippen molar-refractivity contribution < 1.29 is 14.4 Å². The van der Waals surface area contributed by atoms with Crippen LogP contribution in [0.4, 0.5) is 4.79 Å². The average Bonchev–Trinajstić information content (AvgIpc) is 3.21. The van der Waals surface area contributed by atoms with Gasteiger partial charge in [0.2, 0.25) is 5.91 Å². The summed E-state index contributed by atoms with van der Waals surface area (Å²) in [4.78, 5) is 46.6. The molecule has 4 amide bonds. The monoisotopic (exact) mass is 424 g/mol. The number of H-pyrrole nitrogens is 1. The average molecular weight is 425 g/mol. The number of fused-ring (bicyclic) bond motifs is 5. The van der Waals surface area contributed by atoms with Gasteiger partial charge in [-0.15, -0.1) is 0 Å². The molecule has 0 unspecified atom stereocenters. The van der Waals surface area contributed by atoms with E-state index in [4.69, 9.17) is 0 Å². The van der Waals surface area contributed by atoms with Gasteiger partial charge in [0, 0.05) is 24.0 Å². The number of carbonyl (C=O) groups excluding carboxylic acids is 3. The summed E-state index contributed by atoms with van der Waals surface area (Å²) in [6.45, 7) is 8.88. The van der Waals surface area contributed by atoms with Crippen LogP contribution in [0.2, 0.25) is 0 Å². The van der Waals surface area contributed by atoms with Crippen LogP contribution in [0.3, 0.4) is 0 Å². The molecular formula is C24H32N4O3. The van der Waals surface area contributed by atoms with Crippen LogP contribution in [-0.2, 0) is 21.5 Å². The van der Waals surface area contributed by atoms with Crippen molar-refractivity contribution in [1.82, 2.24) is 20.1 Å². The summed E-state index contributed by atoms with van der Waals surface area (Å²) in [5.74, 6) is -0.401. The Bertz CT molecular complexity index is 1030. The van der Waals surface area contributed by atoms with Gasteiger partial charge in [0.1, 0.15) is 6.04 Å². The van der Waals surface area contributed by atoms with Crippen molar-refractivity contribution in [2.45, 2.75) is 65.0 Å². The van der Waals surface area contributed by atoms with Crippen LogP contribution in [0.15, 0.2) is 24.3 Å². The Kier molecular flexibility index (Phi) is 5.54. The number of benzene rings is 1. The first-order valence-electron chi connectivity index (χ1n) is 11.3. The van der Waals surface area contributed by atoms with Crippen molar-refractivity contribution in [3.05, 3.63) is 35.5 Å². The Hall–Kier alpha value is -2.83. The Morgan fingerprint density at radius 2 is 2.00 bits per heavy atom. The second-order valence-electron chi connectivity index (χ2n) is 9.25. The van der Waals surface area contributed by atoms with Gasteiger partial charge >= 0.3 is 6.03 Å². The molecule has 7 heteroatoms. The Morgan fingerprint density at radius 1 is 1.26 bits per heavy atom. The molecule has 0 saturated carbocycles. The number of aromatic amines is 1. The summed E-state index contributed by atoms with van der Waals surface area (Å²) in [6, 6.07) is 6.81. The molecule has 1 fully saturated rings.